The van der Waals surface area contributed by atoms with Crippen molar-refractivity contribution in [2.75, 3.05) is 6.26 Å². The molecule has 1 atom stereocenters. The van der Waals surface area contributed by atoms with Gasteiger partial charge in [0.15, 0.2) is 14.6 Å². The lowest BCUT2D eigenvalue weighted by molar-refractivity contribution is -0.131. The van der Waals surface area contributed by atoms with Crippen molar-refractivity contribution in [3.05, 3.63) is 65.4 Å². The number of amides is 1. The fraction of sp³-hybridized carbons (Fsp3) is 0.273. The average Bonchev–Trinajstić information content (AvgIpc) is 3.17. The third-order valence-electron chi connectivity index (χ3n) is 5.26. The van der Waals surface area contributed by atoms with Crippen molar-refractivity contribution in [1.29, 1.82) is 0 Å². The first-order chi connectivity index (χ1) is 14.7. The first-order valence-corrected chi connectivity index (χ1v) is 11.4. The minimum atomic E-state index is -3.77. The number of hydrogen-bond donors (Lipinski definition) is 3. The average molecular weight is 442 g/mol. The molecule has 0 spiro atoms. The van der Waals surface area contributed by atoms with Gasteiger partial charge >= 0.3 is 0 Å². The van der Waals surface area contributed by atoms with E-state index in [-0.39, 0.29) is 19.6 Å². The van der Waals surface area contributed by atoms with E-state index in [4.69, 9.17) is 10.3 Å². The zero-order valence-electron chi connectivity index (χ0n) is 17.2. The van der Waals surface area contributed by atoms with Gasteiger partial charge in [-0.2, -0.15) is 5.10 Å². The zero-order valence-corrected chi connectivity index (χ0v) is 18.0. The maximum Gasteiger partial charge on any atom is 0.264 e. The number of hydroxylamine groups is 1. The highest BCUT2D eigenvalue weighted by atomic mass is 32.2. The highest BCUT2D eigenvalue weighted by Crippen LogP contribution is 2.23. The van der Waals surface area contributed by atoms with Crippen molar-refractivity contribution in [3.63, 3.8) is 0 Å². The largest absolute Gasteiger partial charge is 0.392 e. The van der Waals surface area contributed by atoms with E-state index < -0.39 is 20.5 Å². The Hall–Kier alpha value is -3.19. The van der Waals surface area contributed by atoms with Crippen LogP contribution in [0.1, 0.15) is 30.0 Å². The lowest BCUT2D eigenvalue weighted by Gasteiger charge is -2.24. The number of carbonyl (C=O) groups is 1. The Morgan fingerprint density at radius 2 is 1.81 bits per heavy atom. The van der Waals surface area contributed by atoms with Gasteiger partial charge in [-0.1, -0.05) is 24.0 Å². The molecule has 1 aromatic heterocycles. The number of aromatic nitrogens is 2. The van der Waals surface area contributed by atoms with Crippen LogP contribution in [0.15, 0.2) is 48.7 Å². The first-order valence-electron chi connectivity index (χ1n) is 9.49. The summed E-state index contributed by atoms with van der Waals surface area (Å²) in [5, 5.41) is 23.3. The number of aliphatic hydroxyl groups excluding tert-OH is 1. The topological polar surface area (TPSA) is 122 Å². The van der Waals surface area contributed by atoms with Gasteiger partial charge in [0.05, 0.1) is 12.1 Å². The van der Waals surface area contributed by atoms with Gasteiger partial charge in [0, 0.05) is 35.5 Å². The maximum absolute atomic E-state index is 12.1. The molecule has 0 aliphatic carbocycles. The van der Waals surface area contributed by atoms with Crippen LogP contribution in [0.4, 0.5) is 0 Å². The Labute approximate surface area is 180 Å². The van der Waals surface area contributed by atoms with Crippen LogP contribution in [-0.2, 0) is 27.8 Å². The molecular formula is C22H23N3O5S. The van der Waals surface area contributed by atoms with Crippen LogP contribution in [-0.4, -0.2) is 45.4 Å². The number of nitrogens with one attached hydrogen (secondary N) is 1. The molecule has 0 fully saturated rings. The van der Waals surface area contributed by atoms with Crippen LogP contribution in [0, 0.1) is 11.8 Å². The van der Waals surface area contributed by atoms with Crippen LogP contribution >= 0.6 is 0 Å². The Kier molecular flexibility index (Phi) is 6.45. The fourth-order valence-electron chi connectivity index (χ4n) is 3.02. The summed E-state index contributed by atoms with van der Waals surface area (Å²) in [5.41, 5.74) is 4.60. The monoisotopic (exact) mass is 441 g/mol. The van der Waals surface area contributed by atoms with E-state index in [0.717, 1.165) is 28.3 Å². The van der Waals surface area contributed by atoms with Gasteiger partial charge in [-0.05, 0) is 49.2 Å². The normalized spacial score (nSPS) is 13.3. The van der Waals surface area contributed by atoms with Crippen LogP contribution in [0.2, 0.25) is 0 Å². The quantitative estimate of drug-likeness (QED) is 0.304. The Balaban J connectivity index is 1.79. The second kappa shape index (κ2) is 8.89. The number of hydrogen-bond acceptors (Lipinski definition) is 6. The van der Waals surface area contributed by atoms with Crippen LogP contribution < -0.4 is 5.48 Å². The summed E-state index contributed by atoms with van der Waals surface area (Å²) in [4.78, 5) is 11.9. The Bertz CT molecular complexity index is 1270. The van der Waals surface area contributed by atoms with E-state index in [2.05, 4.69) is 16.9 Å². The molecule has 1 amide bonds. The first kappa shape index (κ1) is 22.5. The molecule has 0 unspecified atom stereocenters. The summed E-state index contributed by atoms with van der Waals surface area (Å²) < 4.78 is 24.0. The van der Waals surface area contributed by atoms with Crippen LogP contribution in [0.25, 0.3) is 10.9 Å². The lowest BCUT2D eigenvalue weighted by atomic mass is 10.1. The molecule has 3 aromatic rings. The van der Waals surface area contributed by atoms with Crippen LogP contribution in [0.5, 0.6) is 0 Å². The van der Waals surface area contributed by atoms with Gasteiger partial charge in [0.25, 0.3) is 5.91 Å². The summed E-state index contributed by atoms with van der Waals surface area (Å²) in [6.45, 7) is 1.43. The molecule has 162 valence electrons. The van der Waals surface area contributed by atoms with E-state index >= 15 is 0 Å². The Morgan fingerprint density at radius 3 is 2.42 bits per heavy atom. The van der Waals surface area contributed by atoms with Gasteiger partial charge in [-0.15, -0.1) is 0 Å². The number of aryl methyl sites for hydroxylation is 1. The van der Waals surface area contributed by atoms with Gasteiger partial charge in [-0.3, -0.25) is 14.7 Å². The zero-order chi connectivity index (χ0) is 22.6. The number of fused-ring (bicyclic) bond motifs is 1. The summed E-state index contributed by atoms with van der Waals surface area (Å²) in [5.74, 6) is 5.18. The third kappa shape index (κ3) is 4.94. The predicted octanol–water partition coefficient (Wildman–Crippen LogP) is 1.63. The molecule has 0 radical (unpaired) electrons. The highest BCUT2D eigenvalue weighted by Gasteiger charge is 2.43. The fourth-order valence-corrected chi connectivity index (χ4v) is 3.86. The number of rotatable bonds is 6. The summed E-state index contributed by atoms with van der Waals surface area (Å²) in [6, 6.07) is 12.9. The number of aliphatic hydroxyl groups is 1. The summed E-state index contributed by atoms with van der Waals surface area (Å²) >= 11 is 0. The Morgan fingerprint density at radius 1 is 1.16 bits per heavy atom. The molecule has 1 heterocycles. The van der Waals surface area contributed by atoms with Crippen molar-refractivity contribution < 1.29 is 23.5 Å². The molecule has 0 bridgehead atoms. The van der Waals surface area contributed by atoms with Crippen molar-refractivity contribution in [3.8, 4) is 11.8 Å². The summed E-state index contributed by atoms with van der Waals surface area (Å²) in [6.07, 6.45) is 2.67. The number of benzene rings is 2. The minimum Gasteiger partial charge on any atom is -0.392 e. The van der Waals surface area contributed by atoms with Gasteiger partial charge in [0.1, 0.15) is 0 Å². The van der Waals surface area contributed by atoms with E-state index in [9.17, 15) is 13.2 Å². The van der Waals surface area contributed by atoms with Crippen molar-refractivity contribution >= 4 is 26.6 Å². The molecule has 3 rings (SSSR count). The minimum absolute atomic E-state index is 0.0115. The van der Waals surface area contributed by atoms with E-state index in [1.54, 1.807) is 10.9 Å². The van der Waals surface area contributed by atoms with E-state index in [0.29, 0.717) is 5.52 Å². The van der Waals surface area contributed by atoms with Crippen LogP contribution in [0.3, 0.4) is 0 Å². The van der Waals surface area contributed by atoms with Crippen molar-refractivity contribution in [2.45, 2.75) is 31.2 Å². The van der Waals surface area contributed by atoms with Gasteiger partial charge in [0.2, 0.25) is 0 Å². The molecule has 0 aliphatic heterocycles. The highest BCUT2D eigenvalue weighted by molar-refractivity contribution is 7.92. The third-order valence-corrected chi connectivity index (χ3v) is 7.28. The lowest BCUT2D eigenvalue weighted by Crippen LogP contribution is -2.49. The molecule has 31 heavy (non-hydrogen) atoms. The molecule has 9 heteroatoms. The molecule has 3 N–H and O–H groups in total. The summed E-state index contributed by atoms with van der Waals surface area (Å²) in [7, 11) is -3.77. The van der Waals surface area contributed by atoms with Gasteiger partial charge in [-0.25, -0.2) is 13.9 Å². The smallest absolute Gasteiger partial charge is 0.264 e. The molecule has 0 saturated heterocycles. The SMILES string of the molecule is C[C@@](CCn1cc2cc(C#Cc3ccc(CO)cc3)ccc2n1)(C(=O)NO)S(C)(=O)=O. The second-order valence-electron chi connectivity index (χ2n) is 7.46. The molecule has 0 aliphatic rings. The number of nitrogens with zero attached hydrogens (tertiary/aromatic N) is 2. The standard InChI is InChI=1S/C22H23N3O5S/c1-22(21(27)24-28,31(2,29)30)11-12-25-14-19-13-17(9-10-20(19)23-25)6-3-16-4-7-18(15-26)8-5-16/h4-5,7-10,13-14,26,28H,11-12,15H2,1-2H3,(H,24,27)/t22-/m1/s1. The van der Waals surface area contributed by atoms with E-state index in [1.807, 2.05) is 42.5 Å². The molecule has 8 nitrogen and oxygen atoms in total. The van der Waals surface area contributed by atoms with Gasteiger partial charge < -0.3 is 5.11 Å². The predicted molar refractivity (Wildman–Crippen MR) is 116 cm³/mol. The molecule has 2 aromatic carbocycles. The number of sulfone groups is 1. The maximum atomic E-state index is 12.1. The van der Waals surface area contributed by atoms with E-state index in [1.165, 1.54) is 12.4 Å². The second-order valence-corrected chi connectivity index (χ2v) is 9.91. The molecule has 0 saturated carbocycles. The van der Waals surface area contributed by atoms with Crippen molar-refractivity contribution in [2.24, 2.45) is 0 Å². The molecular weight excluding hydrogens is 418 g/mol. The van der Waals surface area contributed by atoms with Crippen molar-refractivity contribution in [1.82, 2.24) is 15.3 Å². The number of carbonyl (C=O) groups excluding carboxylic acids is 1.